The molecule has 0 spiro atoms. The highest BCUT2D eigenvalue weighted by atomic mass is 19.4. The van der Waals surface area contributed by atoms with Gasteiger partial charge in [-0.05, 0) is 42.8 Å². The van der Waals surface area contributed by atoms with Crippen molar-refractivity contribution < 1.29 is 27.5 Å². The standard InChI is InChI=1S/C20H15F3N2O3/c1-13(19(27)25-17-5-3-2-4-15(17)12-24)28-18(26)11-8-14-6-9-16(10-7-14)20(21,22)23/h2-11,13H,1H3,(H,25,27)/b11-8+/t13-/m1/s1. The summed E-state index contributed by atoms with van der Waals surface area (Å²) in [6.07, 6.45) is -3.29. The fraction of sp³-hybridized carbons (Fsp3) is 0.150. The van der Waals surface area contributed by atoms with Gasteiger partial charge in [-0.1, -0.05) is 24.3 Å². The van der Waals surface area contributed by atoms with Crippen LogP contribution in [0, 0.1) is 11.3 Å². The molecule has 0 aromatic heterocycles. The minimum Gasteiger partial charge on any atom is -0.449 e. The molecule has 1 amide bonds. The zero-order valence-corrected chi connectivity index (χ0v) is 14.7. The molecule has 5 nitrogen and oxygen atoms in total. The lowest BCUT2D eigenvalue weighted by molar-refractivity contribution is -0.148. The van der Waals surface area contributed by atoms with Crippen LogP contribution in [-0.4, -0.2) is 18.0 Å². The molecule has 2 aromatic carbocycles. The highest BCUT2D eigenvalue weighted by molar-refractivity contribution is 5.97. The SMILES string of the molecule is C[C@@H](OC(=O)/C=C/c1ccc(C(F)(F)F)cc1)C(=O)Nc1ccccc1C#N. The van der Waals surface area contributed by atoms with Crippen LogP contribution in [0.1, 0.15) is 23.6 Å². The van der Waals surface area contributed by atoms with E-state index in [0.29, 0.717) is 5.56 Å². The number of nitriles is 1. The minimum atomic E-state index is -4.44. The molecule has 0 saturated heterocycles. The second kappa shape index (κ2) is 8.86. The molecule has 0 bridgehead atoms. The molecular formula is C20H15F3N2O3. The fourth-order valence-electron chi connectivity index (χ4n) is 2.14. The zero-order chi connectivity index (χ0) is 20.7. The summed E-state index contributed by atoms with van der Waals surface area (Å²) >= 11 is 0. The van der Waals surface area contributed by atoms with Crippen LogP contribution in [0.25, 0.3) is 6.08 Å². The number of para-hydroxylation sites is 1. The first-order valence-electron chi connectivity index (χ1n) is 8.06. The molecular weight excluding hydrogens is 373 g/mol. The molecule has 0 radical (unpaired) electrons. The van der Waals surface area contributed by atoms with Gasteiger partial charge in [0.2, 0.25) is 0 Å². The van der Waals surface area contributed by atoms with Gasteiger partial charge in [0.15, 0.2) is 6.10 Å². The topological polar surface area (TPSA) is 79.2 Å². The van der Waals surface area contributed by atoms with Crippen molar-refractivity contribution in [1.29, 1.82) is 5.26 Å². The van der Waals surface area contributed by atoms with E-state index in [1.54, 1.807) is 12.1 Å². The molecule has 2 rings (SSSR count). The molecule has 8 heteroatoms. The average molecular weight is 388 g/mol. The van der Waals surface area contributed by atoms with E-state index >= 15 is 0 Å². The molecule has 0 heterocycles. The second-order valence-corrected chi connectivity index (χ2v) is 5.68. The maximum absolute atomic E-state index is 12.5. The van der Waals surface area contributed by atoms with Crippen molar-refractivity contribution in [1.82, 2.24) is 0 Å². The molecule has 0 saturated carbocycles. The van der Waals surface area contributed by atoms with Gasteiger partial charge in [-0.15, -0.1) is 0 Å². The van der Waals surface area contributed by atoms with Crippen LogP contribution in [-0.2, 0) is 20.5 Å². The summed E-state index contributed by atoms with van der Waals surface area (Å²) in [7, 11) is 0. The van der Waals surface area contributed by atoms with Crippen LogP contribution < -0.4 is 5.32 Å². The van der Waals surface area contributed by atoms with E-state index < -0.39 is 29.7 Å². The van der Waals surface area contributed by atoms with Crippen molar-refractivity contribution in [3.05, 3.63) is 71.3 Å². The Labute approximate surface area is 159 Å². The number of anilines is 1. The number of hydrogen-bond donors (Lipinski definition) is 1. The van der Waals surface area contributed by atoms with E-state index in [1.165, 1.54) is 37.3 Å². The number of carbonyl (C=O) groups is 2. The third kappa shape index (κ3) is 5.71. The summed E-state index contributed by atoms with van der Waals surface area (Å²) in [6, 6.07) is 12.5. The van der Waals surface area contributed by atoms with E-state index in [9.17, 15) is 22.8 Å². The first kappa shape index (κ1) is 20.7. The highest BCUT2D eigenvalue weighted by Gasteiger charge is 2.29. The van der Waals surface area contributed by atoms with Gasteiger partial charge in [-0.3, -0.25) is 4.79 Å². The molecule has 0 aliphatic carbocycles. The molecule has 0 fully saturated rings. The summed E-state index contributed by atoms with van der Waals surface area (Å²) < 4.78 is 42.5. The Morgan fingerprint density at radius 3 is 2.39 bits per heavy atom. The average Bonchev–Trinajstić information content (AvgIpc) is 2.66. The Kier molecular flexibility index (Phi) is 6.55. The van der Waals surface area contributed by atoms with Crippen molar-refractivity contribution >= 4 is 23.6 Å². The Hall–Kier alpha value is -3.60. The highest BCUT2D eigenvalue weighted by Crippen LogP contribution is 2.29. The quantitative estimate of drug-likeness (QED) is 0.616. The lowest BCUT2D eigenvalue weighted by Crippen LogP contribution is -2.29. The zero-order valence-electron chi connectivity index (χ0n) is 14.7. The largest absolute Gasteiger partial charge is 0.449 e. The van der Waals surface area contributed by atoms with E-state index in [0.717, 1.165) is 18.2 Å². The summed E-state index contributed by atoms with van der Waals surface area (Å²) in [5, 5.41) is 11.5. The van der Waals surface area contributed by atoms with Crippen LogP contribution in [0.4, 0.5) is 18.9 Å². The lowest BCUT2D eigenvalue weighted by atomic mass is 10.1. The number of nitrogens with one attached hydrogen (secondary N) is 1. The van der Waals surface area contributed by atoms with Gasteiger partial charge in [0.05, 0.1) is 16.8 Å². The molecule has 144 valence electrons. The molecule has 1 N–H and O–H groups in total. The predicted molar refractivity (Wildman–Crippen MR) is 95.8 cm³/mol. The molecule has 0 aliphatic rings. The van der Waals surface area contributed by atoms with Crippen molar-refractivity contribution in [2.24, 2.45) is 0 Å². The van der Waals surface area contributed by atoms with Gasteiger partial charge in [-0.25, -0.2) is 4.79 Å². The summed E-state index contributed by atoms with van der Waals surface area (Å²) in [5.74, 6) is -1.46. The van der Waals surface area contributed by atoms with Crippen molar-refractivity contribution in [2.45, 2.75) is 19.2 Å². The molecule has 28 heavy (non-hydrogen) atoms. The maximum atomic E-state index is 12.5. The van der Waals surface area contributed by atoms with Gasteiger partial charge in [0.1, 0.15) is 6.07 Å². The maximum Gasteiger partial charge on any atom is 0.416 e. The van der Waals surface area contributed by atoms with Gasteiger partial charge in [0, 0.05) is 6.08 Å². The van der Waals surface area contributed by atoms with Crippen LogP contribution in [0.2, 0.25) is 0 Å². The Balaban J connectivity index is 1.94. The Morgan fingerprint density at radius 2 is 1.79 bits per heavy atom. The minimum absolute atomic E-state index is 0.261. The Bertz CT molecular complexity index is 929. The number of rotatable bonds is 5. The number of carbonyl (C=O) groups excluding carboxylic acids is 2. The van der Waals surface area contributed by atoms with Crippen LogP contribution in [0.5, 0.6) is 0 Å². The van der Waals surface area contributed by atoms with E-state index in [2.05, 4.69) is 5.32 Å². The van der Waals surface area contributed by atoms with Crippen molar-refractivity contribution in [2.75, 3.05) is 5.32 Å². The lowest BCUT2D eigenvalue weighted by Gasteiger charge is -2.13. The number of halogens is 3. The normalized spacial score (nSPS) is 12.2. The molecule has 0 unspecified atom stereocenters. The molecule has 1 atom stereocenters. The number of ether oxygens (including phenoxy) is 1. The monoisotopic (exact) mass is 388 g/mol. The number of benzene rings is 2. The second-order valence-electron chi connectivity index (χ2n) is 5.68. The predicted octanol–water partition coefficient (Wildman–Crippen LogP) is 4.16. The number of alkyl halides is 3. The van der Waals surface area contributed by atoms with Gasteiger partial charge < -0.3 is 10.1 Å². The van der Waals surface area contributed by atoms with Gasteiger partial charge in [-0.2, -0.15) is 18.4 Å². The smallest absolute Gasteiger partial charge is 0.416 e. The number of hydrogen-bond acceptors (Lipinski definition) is 4. The van der Waals surface area contributed by atoms with Crippen LogP contribution in [0.3, 0.4) is 0 Å². The van der Waals surface area contributed by atoms with Crippen molar-refractivity contribution in [3.63, 3.8) is 0 Å². The number of nitrogens with zero attached hydrogens (tertiary/aromatic N) is 1. The third-order valence-electron chi connectivity index (χ3n) is 3.62. The van der Waals surface area contributed by atoms with E-state index in [1.807, 2.05) is 6.07 Å². The summed E-state index contributed by atoms with van der Waals surface area (Å²) in [4.78, 5) is 23.9. The fourth-order valence-corrected chi connectivity index (χ4v) is 2.14. The van der Waals surface area contributed by atoms with Crippen LogP contribution >= 0.6 is 0 Å². The van der Waals surface area contributed by atoms with Crippen LogP contribution in [0.15, 0.2) is 54.6 Å². The first-order chi connectivity index (χ1) is 13.2. The Morgan fingerprint density at radius 1 is 1.14 bits per heavy atom. The molecule has 0 aliphatic heterocycles. The number of esters is 1. The number of amides is 1. The van der Waals surface area contributed by atoms with Crippen molar-refractivity contribution in [3.8, 4) is 6.07 Å². The van der Waals surface area contributed by atoms with E-state index in [-0.39, 0.29) is 11.3 Å². The molecule has 2 aromatic rings. The van der Waals surface area contributed by atoms with Gasteiger partial charge >= 0.3 is 12.1 Å². The third-order valence-corrected chi connectivity index (χ3v) is 3.62. The summed E-state index contributed by atoms with van der Waals surface area (Å²) in [6.45, 7) is 1.36. The first-order valence-corrected chi connectivity index (χ1v) is 8.06. The van der Waals surface area contributed by atoms with E-state index in [4.69, 9.17) is 10.00 Å². The summed E-state index contributed by atoms with van der Waals surface area (Å²) in [5.41, 5.74) is 0.120. The van der Waals surface area contributed by atoms with Gasteiger partial charge in [0.25, 0.3) is 5.91 Å².